The standard InChI is InChI=1S/C15H17O/c1-2-3-6-12-16-15-11-7-9-13-8-4-5-10-14(13)15/h4-5,7-8,10-11H,2-3,6,12H2,1H3. The molecule has 0 saturated carbocycles. The number of hydrogen-bond donors (Lipinski definition) is 0. The van der Waals surface area contributed by atoms with E-state index >= 15 is 0 Å². The van der Waals surface area contributed by atoms with Crippen LogP contribution in [0.3, 0.4) is 0 Å². The highest BCUT2D eigenvalue weighted by Crippen LogP contribution is 2.24. The van der Waals surface area contributed by atoms with Gasteiger partial charge in [-0.3, -0.25) is 0 Å². The zero-order valence-corrected chi connectivity index (χ0v) is 9.70. The molecule has 1 radical (unpaired) electrons. The van der Waals surface area contributed by atoms with Gasteiger partial charge in [-0.05, 0) is 23.9 Å². The highest BCUT2D eigenvalue weighted by molar-refractivity contribution is 5.87. The van der Waals surface area contributed by atoms with E-state index < -0.39 is 0 Å². The summed E-state index contributed by atoms with van der Waals surface area (Å²) in [6.45, 7) is 3.01. The third-order valence-electron chi connectivity index (χ3n) is 2.67. The lowest BCUT2D eigenvalue weighted by Gasteiger charge is -2.08. The first-order chi connectivity index (χ1) is 7.92. The van der Waals surface area contributed by atoms with Gasteiger partial charge in [-0.15, -0.1) is 0 Å². The van der Waals surface area contributed by atoms with Crippen molar-refractivity contribution >= 4 is 10.8 Å². The average Bonchev–Trinajstić information content (AvgIpc) is 2.35. The Morgan fingerprint density at radius 1 is 1.12 bits per heavy atom. The van der Waals surface area contributed by atoms with Crippen LogP contribution < -0.4 is 4.74 Å². The number of fused-ring (bicyclic) bond motifs is 1. The molecule has 0 aliphatic rings. The van der Waals surface area contributed by atoms with E-state index in [0.29, 0.717) is 0 Å². The summed E-state index contributed by atoms with van der Waals surface area (Å²) in [5.74, 6) is 0.977. The average molecular weight is 213 g/mol. The molecule has 0 fully saturated rings. The van der Waals surface area contributed by atoms with Crippen molar-refractivity contribution in [2.24, 2.45) is 0 Å². The summed E-state index contributed by atoms with van der Waals surface area (Å²) in [5.41, 5.74) is 0. The molecule has 0 spiro atoms. The smallest absolute Gasteiger partial charge is 0.127 e. The van der Waals surface area contributed by atoms with Gasteiger partial charge in [0.05, 0.1) is 6.61 Å². The second-order valence-corrected chi connectivity index (χ2v) is 3.94. The van der Waals surface area contributed by atoms with E-state index in [2.05, 4.69) is 25.1 Å². The molecule has 2 aromatic carbocycles. The van der Waals surface area contributed by atoms with Crippen LogP contribution in [0.4, 0.5) is 0 Å². The number of rotatable bonds is 5. The lowest BCUT2D eigenvalue weighted by molar-refractivity contribution is 0.310. The van der Waals surface area contributed by atoms with Crippen LogP contribution in [0.2, 0.25) is 0 Å². The number of benzene rings is 2. The molecule has 0 N–H and O–H groups in total. The van der Waals surface area contributed by atoms with Gasteiger partial charge < -0.3 is 4.74 Å². The van der Waals surface area contributed by atoms with Crippen LogP contribution >= 0.6 is 0 Å². The third-order valence-corrected chi connectivity index (χ3v) is 2.67. The van der Waals surface area contributed by atoms with E-state index in [1.54, 1.807) is 0 Å². The lowest BCUT2D eigenvalue weighted by atomic mass is 10.1. The molecule has 0 aromatic heterocycles. The topological polar surface area (TPSA) is 9.23 Å². The van der Waals surface area contributed by atoms with Crippen molar-refractivity contribution in [3.05, 3.63) is 42.5 Å². The molecule has 83 valence electrons. The summed E-state index contributed by atoms with van der Waals surface area (Å²) in [5, 5.41) is 2.27. The number of hydrogen-bond acceptors (Lipinski definition) is 1. The fraction of sp³-hybridized carbons (Fsp3) is 0.333. The minimum absolute atomic E-state index is 0.807. The molecule has 0 aliphatic carbocycles. The van der Waals surface area contributed by atoms with Gasteiger partial charge in [0.25, 0.3) is 0 Å². The van der Waals surface area contributed by atoms with E-state index in [1.165, 1.54) is 12.8 Å². The second kappa shape index (κ2) is 5.55. The Kier molecular flexibility index (Phi) is 3.81. The zero-order chi connectivity index (χ0) is 11.2. The monoisotopic (exact) mass is 213 g/mol. The summed E-state index contributed by atoms with van der Waals surface area (Å²) in [7, 11) is 0. The summed E-state index contributed by atoms with van der Waals surface area (Å²) in [6, 6.07) is 15.3. The van der Waals surface area contributed by atoms with Gasteiger partial charge in [0.15, 0.2) is 0 Å². The van der Waals surface area contributed by atoms with Crippen LogP contribution in [0.25, 0.3) is 10.8 Å². The van der Waals surface area contributed by atoms with E-state index in [-0.39, 0.29) is 0 Å². The molecule has 0 unspecified atom stereocenters. The molecule has 2 rings (SSSR count). The van der Waals surface area contributed by atoms with Gasteiger partial charge in [0.1, 0.15) is 5.75 Å². The normalized spacial score (nSPS) is 10.6. The van der Waals surface area contributed by atoms with Gasteiger partial charge >= 0.3 is 0 Å². The molecular formula is C15H17O. The van der Waals surface area contributed by atoms with Crippen molar-refractivity contribution in [3.63, 3.8) is 0 Å². The largest absolute Gasteiger partial charge is 0.493 e. The SMILES string of the molecule is CCCCCOc1cc[c]c2ccccc12. The van der Waals surface area contributed by atoms with Crippen LogP contribution in [-0.4, -0.2) is 6.61 Å². The van der Waals surface area contributed by atoms with E-state index in [0.717, 1.165) is 29.5 Å². The fourth-order valence-corrected chi connectivity index (χ4v) is 1.78. The highest BCUT2D eigenvalue weighted by atomic mass is 16.5. The van der Waals surface area contributed by atoms with Crippen LogP contribution in [0.1, 0.15) is 26.2 Å². The Bertz CT molecular complexity index is 443. The Labute approximate surface area is 97.1 Å². The van der Waals surface area contributed by atoms with E-state index in [1.807, 2.05) is 24.3 Å². The minimum atomic E-state index is 0.807. The molecule has 16 heavy (non-hydrogen) atoms. The molecule has 0 amide bonds. The van der Waals surface area contributed by atoms with Crippen LogP contribution in [-0.2, 0) is 0 Å². The van der Waals surface area contributed by atoms with Crippen molar-refractivity contribution in [3.8, 4) is 5.75 Å². The first-order valence-electron chi connectivity index (χ1n) is 5.94. The van der Waals surface area contributed by atoms with Crippen LogP contribution in [0, 0.1) is 6.07 Å². The zero-order valence-electron chi connectivity index (χ0n) is 9.70. The van der Waals surface area contributed by atoms with Crippen molar-refractivity contribution < 1.29 is 4.74 Å². The predicted molar refractivity (Wildman–Crippen MR) is 67.8 cm³/mol. The summed E-state index contributed by atoms with van der Waals surface area (Å²) >= 11 is 0. The first-order valence-corrected chi connectivity index (χ1v) is 5.94. The van der Waals surface area contributed by atoms with Crippen LogP contribution in [0.15, 0.2) is 36.4 Å². The molecule has 0 heterocycles. The minimum Gasteiger partial charge on any atom is -0.493 e. The molecule has 0 atom stereocenters. The molecule has 0 saturated heterocycles. The quantitative estimate of drug-likeness (QED) is 0.676. The Morgan fingerprint density at radius 3 is 2.88 bits per heavy atom. The third kappa shape index (κ3) is 2.54. The summed E-state index contributed by atoms with van der Waals surface area (Å²) in [4.78, 5) is 0. The predicted octanol–water partition coefficient (Wildman–Crippen LogP) is 4.21. The Morgan fingerprint density at radius 2 is 2.00 bits per heavy atom. The van der Waals surface area contributed by atoms with Gasteiger partial charge in [-0.2, -0.15) is 0 Å². The summed E-state index contributed by atoms with van der Waals surface area (Å²) in [6.07, 6.45) is 3.59. The van der Waals surface area contributed by atoms with Gasteiger partial charge in [-0.25, -0.2) is 0 Å². The van der Waals surface area contributed by atoms with Crippen LogP contribution in [0.5, 0.6) is 5.75 Å². The Hall–Kier alpha value is -1.50. The number of ether oxygens (including phenoxy) is 1. The van der Waals surface area contributed by atoms with E-state index in [4.69, 9.17) is 4.74 Å². The molecule has 1 nitrogen and oxygen atoms in total. The maximum Gasteiger partial charge on any atom is 0.127 e. The molecular weight excluding hydrogens is 196 g/mol. The van der Waals surface area contributed by atoms with E-state index in [9.17, 15) is 0 Å². The van der Waals surface area contributed by atoms with Gasteiger partial charge in [0.2, 0.25) is 0 Å². The highest BCUT2D eigenvalue weighted by Gasteiger charge is 2.00. The van der Waals surface area contributed by atoms with Crippen molar-refractivity contribution in [1.82, 2.24) is 0 Å². The fourth-order valence-electron chi connectivity index (χ4n) is 1.78. The molecule has 2 aromatic rings. The Balaban J connectivity index is 2.11. The molecule has 0 bridgehead atoms. The van der Waals surface area contributed by atoms with Gasteiger partial charge in [-0.1, -0.05) is 50.1 Å². The summed E-state index contributed by atoms with van der Waals surface area (Å²) < 4.78 is 5.80. The van der Waals surface area contributed by atoms with Gasteiger partial charge in [0, 0.05) is 5.39 Å². The van der Waals surface area contributed by atoms with Crippen molar-refractivity contribution in [2.75, 3.05) is 6.61 Å². The molecule has 1 heteroatoms. The number of unbranched alkanes of at least 4 members (excludes halogenated alkanes) is 2. The lowest BCUT2D eigenvalue weighted by Crippen LogP contribution is -1.97. The van der Waals surface area contributed by atoms with Crippen molar-refractivity contribution in [1.29, 1.82) is 0 Å². The first kappa shape index (κ1) is 11.0. The second-order valence-electron chi connectivity index (χ2n) is 3.94. The molecule has 0 aliphatic heterocycles. The maximum atomic E-state index is 5.80. The maximum absolute atomic E-state index is 5.80. The van der Waals surface area contributed by atoms with Crippen molar-refractivity contribution in [2.45, 2.75) is 26.2 Å².